The molecule has 0 aliphatic heterocycles. The molecule has 0 aromatic rings. The zero-order valence-corrected chi connectivity index (χ0v) is 10.0. The number of rotatable bonds is 6. The first kappa shape index (κ1) is 13.4. The molecule has 3 nitrogen and oxygen atoms in total. The second-order valence-corrected chi connectivity index (χ2v) is 3.77. The standard InChI is InChI=1S/C11H23NO2/c1-6-10(7-2)12(4)9(3)8-11(13)14-5/h9-10H,6-8H2,1-5H3. The molecule has 0 aromatic heterocycles. The van der Waals surface area contributed by atoms with Crippen LogP contribution >= 0.6 is 0 Å². The van der Waals surface area contributed by atoms with Crippen molar-refractivity contribution >= 4 is 5.97 Å². The summed E-state index contributed by atoms with van der Waals surface area (Å²) in [6.45, 7) is 6.42. The van der Waals surface area contributed by atoms with Crippen molar-refractivity contribution in [3.05, 3.63) is 0 Å². The van der Waals surface area contributed by atoms with Crippen LogP contribution in [-0.2, 0) is 9.53 Å². The number of esters is 1. The maximum absolute atomic E-state index is 11.1. The maximum Gasteiger partial charge on any atom is 0.307 e. The summed E-state index contributed by atoms with van der Waals surface area (Å²) in [4.78, 5) is 13.3. The van der Waals surface area contributed by atoms with Crippen molar-refractivity contribution in [3.63, 3.8) is 0 Å². The van der Waals surface area contributed by atoms with Crippen LogP contribution in [0.15, 0.2) is 0 Å². The molecule has 0 aromatic carbocycles. The van der Waals surface area contributed by atoms with Crippen LogP contribution in [0, 0.1) is 0 Å². The molecule has 0 fully saturated rings. The van der Waals surface area contributed by atoms with E-state index in [1.807, 2.05) is 0 Å². The second kappa shape index (κ2) is 6.82. The van der Waals surface area contributed by atoms with Gasteiger partial charge < -0.3 is 9.64 Å². The first-order chi connectivity index (χ1) is 6.56. The largest absolute Gasteiger partial charge is 0.469 e. The van der Waals surface area contributed by atoms with Gasteiger partial charge in [0.1, 0.15) is 0 Å². The van der Waals surface area contributed by atoms with Gasteiger partial charge in [0.2, 0.25) is 0 Å². The number of methoxy groups -OCH3 is 1. The highest BCUT2D eigenvalue weighted by Crippen LogP contribution is 2.12. The average molecular weight is 201 g/mol. The molecule has 3 heteroatoms. The monoisotopic (exact) mass is 201 g/mol. The summed E-state index contributed by atoms with van der Waals surface area (Å²) in [5, 5.41) is 0. The van der Waals surface area contributed by atoms with Gasteiger partial charge in [0.15, 0.2) is 0 Å². The van der Waals surface area contributed by atoms with Crippen molar-refractivity contribution in [2.24, 2.45) is 0 Å². The summed E-state index contributed by atoms with van der Waals surface area (Å²) in [6, 6.07) is 0.821. The Morgan fingerprint density at radius 2 is 1.86 bits per heavy atom. The predicted molar refractivity (Wildman–Crippen MR) is 58.2 cm³/mol. The topological polar surface area (TPSA) is 29.5 Å². The Hall–Kier alpha value is -0.570. The molecule has 84 valence electrons. The van der Waals surface area contributed by atoms with Gasteiger partial charge in [-0.15, -0.1) is 0 Å². The van der Waals surface area contributed by atoms with Crippen molar-refractivity contribution < 1.29 is 9.53 Å². The molecule has 0 spiro atoms. The second-order valence-electron chi connectivity index (χ2n) is 3.77. The molecule has 0 aliphatic rings. The normalized spacial score (nSPS) is 13.4. The lowest BCUT2D eigenvalue weighted by Gasteiger charge is -2.31. The van der Waals surface area contributed by atoms with Crippen LogP contribution < -0.4 is 0 Å². The van der Waals surface area contributed by atoms with Crippen LogP contribution in [0.4, 0.5) is 0 Å². The molecular weight excluding hydrogens is 178 g/mol. The molecule has 0 saturated heterocycles. The Morgan fingerprint density at radius 1 is 1.36 bits per heavy atom. The highest BCUT2D eigenvalue weighted by atomic mass is 16.5. The lowest BCUT2D eigenvalue weighted by molar-refractivity contribution is -0.142. The number of carbonyl (C=O) groups is 1. The fraction of sp³-hybridized carbons (Fsp3) is 0.909. The van der Waals surface area contributed by atoms with E-state index in [0.29, 0.717) is 12.5 Å². The Kier molecular flexibility index (Phi) is 6.54. The first-order valence-corrected chi connectivity index (χ1v) is 5.35. The Balaban J connectivity index is 4.08. The molecule has 0 rings (SSSR count). The third-order valence-corrected chi connectivity index (χ3v) is 2.90. The molecule has 0 N–H and O–H groups in total. The number of ether oxygens (including phenoxy) is 1. The fourth-order valence-corrected chi connectivity index (χ4v) is 1.69. The number of hydrogen-bond acceptors (Lipinski definition) is 3. The Labute approximate surface area is 87.4 Å². The maximum atomic E-state index is 11.1. The molecule has 14 heavy (non-hydrogen) atoms. The van der Waals surface area contributed by atoms with Crippen LogP contribution in [0.5, 0.6) is 0 Å². The Morgan fingerprint density at radius 3 is 2.21 bits per heavy atom. The quantitative estimate of drug-likeness (QED) is 0.616. The van der Waals surface area contributed by atoms with Gasteiger partial charge in [0.05, 0.1) is 13.5 Å². The smallest absolute Gasteiger partial charge is 0.307 e. The summed E-state index contributed by atoms with van der Waals surface area (Å²) >= 11 is 0. The molecule has 1 unspecified atom stereocenters. The van der Waals surface area contributed by atoms with Crippen LogP contribution in [0.2, 0.25) is 0 Å². The van der Waals surface area contributed by atoms with Gasteiger partial charge in [-0.25, -0.2) is 0 Å². The third kappa shape index (κ3) is 4.09. The minimum absolute atomic E-state index is 0.129. The number of nitrogens with zero attached hydrogens (tertiary/aromatic N) is 1. The highest BCUT2D eigenvalue weighted by Gasteiger charge is 2.19. The first-order valence-electron chi connectivity index (χ1n) is 5.35. The van der Waals surface area contributed by atoms with Crippen LogP contribution in [0.25, 0.3) is 0 Å². The molecule has 0 saturated carbocycles. The summed E-state index contributed by atoms with van der Waals surface area (Å²) in [5.41, 5.74) is 0. The Bertz CT molecular complexity index is 167. The zero-order valence-electron chi connectivity index (χ0n) is 10.0. The van der Waals surface area contributed by atoms with Crippen molar-refractivity contribution in [2.75, 3.05) is 14.2 Å². The van der Waals surface area contributed by atoms with Crippen molar-refractivity contribution in [3.8, 4) is 0 Å². The molecule has 0 bridgehead atoms. The fourth-order valence-electron chi connectivity index (χ4n) is 1.69. The van der Waals surface area contributed by atoms with Crippen LogP contribution in [-0.4, -0.2) is 37.1 Å². The van der Waals surface area contributed by atoms with Crippen molar-refractivity contribution in [1.82, 2.24) is 4.90 Å². The number of carbonyl (C=O) groups excluding carboxylic acids is 1. The van der Waals surface area contributed by atoms with E-state index in [9.17, 15) is 4.79 Å². The highest BCUT2D eigenvalue weighted by molar-refractivity contribution is 5.69. The predicted octanol–water partition coefficient (Wildman–Crippen LogP) is 2.06. The van der Waals surface area contributed by atoms with Crippen LogP contribution in [0.1, 0.15) is 40.0 Å². The molecule has 1 atom stereocenters. The van der Waals surface area contributed by atoms with Gasteiger partial charge in [0, 0.05) is 12.1 Å². The van der Waals surface area contributed by atoms with Gasteiger partial charge in [0.25, 0.3) is 0 Å². The van der Waals surface area contributed by atoms with E-state index in [4.69, 9.17) is 0 Å². The average Bonchev–Trinajstić information content (AvgIpc) is 2.19. The molecule has 0 radical (unpaired) electrons. The zero-order chi connectivity index (χ0) is 11.1. The van der Waals surface area contributed by atoms with E-state index in [-0.39, 0.29) is 12.0 Å². The van der Waals surface area contributed by atoms with Gasteiger partial charge >= 0.3 is 5.97 Å². The van der Waals surface area contributed by atoms with E-state index >= 15 is 0 Å². The SMILES string of the molecule is CCC(CC)N(C)C(C)CC(=O)OC. The van der Waals surface area contributed by atoms with Gasteiger partial charge in [-0.05, 0) is 26.8 Å². The van der Waals surface area contributed by atoms with Crippen molar-refractivity contribution in [1.29, 1.82) is 0 Å². The summed E-state index contributed by atoms with van der Waals surface area (Å²) in [7, 11) is 3.51. The van der Waals surface area contributed by atoms with E-state index in [1.54, 1.807) is 0 Å². The summed E-state index contributed by atoms with van der Waals surface area (Å²) < 4.78 is 4.65. The lowest BCUT2D eigenvalue weighted by atomic mass is 10.1. The van der Waals surface area contributed by atoms with E-state index in [1.165, 1.54) is 7.11 Å². The minimum atomic E-state index is -0.129. The summed E-state index contributed by atoms with van der Waals surface area (Å²) in [6.07, 6.45) is 2.72. The van der Waals surface area contributed by atoms with Crippen LogP contribution in [0.3, 0.4) is 0 Å². The van der Waals surface area contributed by atoms with E-state index in [0.717, 1.165) is 12.8 Å². The third-order valence-electron chi connectivity index (χ3n) is 2.90. The number of hydrogen-bond donors (Lipinski definition) is 0. The molecule has 0 amide bonds. The molecular formula is C11H23NO2. The lowest BCUT2D eigenvalue weighted by Crippen LogP contribution is -2.39. The van der Waals surface area contributed by atoms with Gasteiger partial charge in [-0.1, -0.05) is 13.8 Å². The van der Waals surface area contributed by atoms with Crippen molar-refractivity contribution in [2.45, 2.75) is 52.1 Å². The molecule has 0 aliphatic carbocycles. The van der Waals surface area contributed by atoms with E-state index < -0.39 is 0 Å². The minimum Gasteiger partial charge on any atom is -0.469 e. The summed E-state index contributed by atoms with van der Waals surface area (Å²) in [5.74, 6) is -0.129. The molecule has 0 heterocycles. The van der Waals surface area contributed by atoms with E-state index in [2.05, 4.69) is 37.5 Å². The van der Waals surface area contributed by atoms with Gasteiger partial charge in [-0.2, -0.15) is 0 Å². The van der Waals surface area contributed by atoms with Gasteiger partial charge in [-0.3, -0.25) is 4.79 Å².